The summed E-state index contributed by atoms with van der Waals surface area (Å²) < 4.78 is 0. The van der Waals surface area contributed by atoms with E-state index >= 15 is 0 Å². The number of piperidine rings is 1. The van der Waals surface area contributed by atoms with Crippen LogP contribution in [-0.2, 0) is 11.3 Å². The number of hydrogen-bond acceptors (Lipinski definition) is 4. The quantitative estimate of drug-likeness (QED) is 0.849. The van der Waals surface area contributed by atoms with E-state index < -0.39 is 0 Å². The molecule has 1 aliphatic heterocycles. The number of benzene rings is 1. The molecule has 0 aliphatic carbocycles. The first kappa shape index (κ1) is 17.7. The molecule has 0 saturated carbocycles. The van der Waals surface area contributed by atoms with Crippen LogP contribution in [0.3, 0.4) is 0 Å². The van der Waals surface area contributed by atoms with Crippen molar-refractivity contribution in [2.24, 2.45) is 5.92 Å². The highest BCUT2D eigenvalue weighted by Gasteiger charge is 2.15. The van der Waals surface area contributed by atoms with Gasteiger partial charge >= 0.3 is 0 Å². The smallest absolute Gasteiger partial charge is 0.220 e. The average molecular weight is 340 g/mol. The molecule has 1 saturated heterocycles. The Labute approximate surface area is 149 Å². The zero-order valence-electron chi connectivity index (χ0n) is 15.2. The minimum Gasteiger partial charge on any atom is -0.363 e. The minimum atomic E-state index is 0.144. The number of carbonyl (C=O) groups is 1. The van der Waals surface area contributed by atoms with Gasteiger partial charge in [0, 0.05) is 32.4 Å². The lowest BCUT2D eigenvalue weighted by atomic mass is 9.93. The Bertz CT molecular complexity index is 723. The molecule has 0 atom stereocenters. The Morgan fingerprint density at radius 3 is 2.80 bits per heavy atom. The Kier molecular flexibility index (Phi) is 5.87. The van der Waals surface area contributed by atoms with Gasteiger partial charge in [-0.25, -0.2) is 4.98 Å². The normalized spacial score (nSPS) is 15.3. The molecular weight excluding hydrogens is 312 g/mol. The van der Waals surface area contributed by atoms with E-state index in [0.717, 1.165) is 41.8 Å². The van der Waals surface area contributed by atoms with Crippen molar-refractivity contribution < 1.29 is 4.79 Å². The highest BCUT2D eigenvalue weighted by molar-refractivity contribution is 5.85. The van der Waals surface area contributed by atoms with Crippen LogP contribution in [0.1, 0.15) is 31.2 Å². The van der Waals surface area contributed by atoms with Crippen molar-refractivity contribution in [1.82, 2.24) is 15.6 Å². The molecule has 2 heterocycles. The number of nitrogens with one attached hydrogen (secondary N) is 2. The van der Waals surface area contributed by atoms with E-state index in [0.29, 0.717) is 18.9 Å². The number of rotatable bonds is 6. The maximum atomic E-state index is 12.3. The lowest BCUT2D eigenvalue weighted by Crippen LogP contribution is -2.29. The second kappa shape index (κ2) is 8.30. The van der Waals surface area contributed by atoms with Crippen molar-refractivity contribution in [2.75, 3.05) is 32.1 Å². The molecule has 1 aromatic carbocycles. The molecule has 0 bridgehead atoms. The van der Waals surface area contributed by atoms with E-state index in [1.54, 1.807) is 0 Å². The summed E-state index contributed by atoms with van der Waals surface area (Å²) in [6.07, 6.45) is 3.99. The van der Waals surface area contributed by atoms with Gasteiger partial charge in [-0.3, -0.25) is 4.79 Å². The number of anilines is 1. The number of fused-ring (bicyclic) bond motifs is 1. The molecule has 3 rings (SSSR count). The van der Waals surface area contributed by atoms with Crippen molar-refractivity contribution in [3.05, 3.63) is 35.9 Å². The van der Waals surface area contributed by atoms with E-state index in [2.05, 4.69) is 27.8 Å². The summed E-state index contributed by atoms with van der Waals surface area (Å²) in [5, 5.41) is 7.57. The fraction of sp³-hybridized carbons (Fsp3) is 0.500. The highest BCUT2D eigenvalue weighted by Crippen LogP contribution is 2.22. The zero-order chi connectivity index (χ0) is 17.6. The lowest BCUT2D eigenvalue weighted by molar-refractivity contribution is -0.121. The predicted molar refractivity (Wildman–Crippen MR) is 103 cm³/mol. The lowest BCUT2D eigenvalue weighted by Gasteiger charge is -2.22. The summed E-state index contributed by atoms with van der Waals surface area (Å²) in [6.45, 7) is 2.72. The van der Waals surface area contributed by atoms with Gasteiger partial charge < -0.3 is 15.5 Å². The molecule has 1 aromatic heterocycles. The fourth-order valence-electron chi connectivity index (χ4n) is 3.40. The van der Waals surface area contributed by atoms with Crippen LogP contribution in [0.25, 0.3) is 10.9 Å². The molecule has 0 radical (unpaired) electrons. The summed E-state index contributed by atoms with van der Waals surface area (Å²) in [7, 11) is 3.97. The van der Waals surface area contributed by atoms with E-state index in [-0.39, 0.29) is 5.91 Å². The van der Waals surface area contributed by atoms with Gasteiger partial charge in [-0.15, -0.1) is 0 Å². The first-order chi connectivity index (χ1) is 12.1. The van der Waals surface area contributed by atoms with Gasteiger partial charge in [0.1, 0.15) is 5.82 Å². The summed E-state index contributed by atoms with van der Waals surface area (Å²) in [4.78, 5) is 18.9. The molecule has 0 spiro atoms. The maximum absolute atomic E-state index is 12.3. The monoisotopic (exact) mass is 340 g/mol. The topological polar surface area (TPSA) is 57.3 Å². The number of pyridine rings is 1. The van der Waals surface area contributed by atoms with Crippen LogP contribution in [0, 0.1) is 5.92 Å². The Balaban J connectivity index is 1.62. The van der Waals surface area contributed by atoms with Crippen molar-refractivity contribution in [3.63, 3.8) is 0 Å². The maximum Gasteiger partial charge on any atom is 0.220 e. The van der Waals surface area contributed by atoms with Crippen LogP contribution >= 0.6 is 0 Å². The minimum absolute atomic E-state index is 0.144. The molecule has 0 unspecified atom stereocenters. The van der Waals surface area contributed by atoms with Gasteiger partial charge in [0.05, 0.1) is 5.52 Å². The largest absolute Gasteiger partial charge is 0.363 e. The number of nitrogens with zero attached hydrogens (tertiary/aromatic N) is 2. The first-order valence-electron chi connectivity index (χ1n) is 9.17. The number of para-hydroxylation sites is 1. The summed E-state index contributed by atoms with van der Waals surface area (Å²) >= 11 is 0. The second-order valence-corrected chi connectivity index (χ2v) is 7.06. The van der Waals surface area contributed by atoms with Crippen LogP contribution in [0.4, 0.5) is 5.82 Å². The van der Waals surface area contributed by atoms with Gasteiger partial charge in [-0.05, 0) is 56.0 Å². The molecule has 25 heavy (non-hydrogen) atoms. The van der Waals surface area contributed by atoms with E-state index in [4.69, 9.17) is 0 Å². The molecule has 1 fully saturated rings. The summed E-state index contributed by atoms with van der Waals surface area (Å²) in [5.74, 6) is 1.75. The van der Waals surface area contributed by atoms with Crippen LogP contribution < -0.4 is 15.5 Å². The molecule has 1 amide bonds. The highest BCUT2D eigenvalue weighted by atomic mass is 16.1. The number of hydrogen-bond donors (Lipinski definition) is 2. The van der Waals surface area contributed by atoms with Crippen LogP contribution in [0.2, 0.25) is 0 Å². The third kappa shape index (κ3) is 4.69. The molecule has 134 valence electrons. The van der Waals surface area contributed by atoms with E-state index in [1.165, 1.54) is 12.8 Å². The zero-order valence-corrected chi connectivity index (χ0v) is 15.2. The van der Waals surface area contributed by atoms with Crippen molar-refractivity contribution in [1.29, 1.82) is 0 Å². The molecule has 5 heteroatoms. The third-order valence-electron chi connectivity index (χ3n) is 4.96. The Morgan fingerprint density at radius 1 is 1.28 bits per heavy atom. The number of carbonyl (C=O) groups excluding carboxylic acids is 1. The van der Waals surface area contributed by atoms with Gasteiger partial charge in [-0.2, -0.15) is 0 Å². The molecule has 2 aromatic rings. The Hall–Kier alpha value is -2.14. The van der Waals surface area contributed by atoms with Crippen molar-refractivity contribution >= 4 is 22.6 Å². The number of aromatic nitrogens is 1. The summed E-state index contributed by atoms with van der Waals surface area (Å²) in [5.41, 5.74) is 2.08. The SMILES string of the molecule is CN(C)c1cc(CNC(=O)CCC2CCNCC2)c2ccccc2n1. The van der Waals surface area contributed by atoms with Gasteiger partial charge in [-0.1, -0.05) is 18.2 Å². The van der Waals surface area contributed by atoms with Crippen molar-refractivity contribution in [2.45, 2.75) is 32.2 Å². The molecule has 2 N–H and O–H groups in total. The standard InChI is InChI=1S/C20H28N4O/c1-24(2)19-13-16(17-5-3-4-6-18(17)23-19)14-22-20(25)8-7-15-9-11-21-12-10-15/h3-6,13,15,21H,7-12,14H2,1-2H3,(H,22,25). The Morgan fingerprint density at radius 2 is 2.04 bits per heavy atom. The van der Waals surface area contributed by atoms with Crippen LogP contribution in [0.5, 0.6) is 0 Å². The van der Waals surface area contributed by atoms with Gasteiger partial charge in [0.2, 0.25) is 5.91 Å². The number of amides is 1. The van der Waals surface area contributed by atoms with Gasteiger partial charge in [0.25, 0.3) is 0 Å². The van der Waals surface area contributed by atoms with Crippen molar-refractivity contribution in [3.8, 4) is 0 Å². The first-order valence-corrected chi connectivity index (χ1v) is 9.17. The average Bonchev–Trinajstić information content (AvgIpc) is 2.65. The molecule has 5 nitrogen and oxygen atoms in total. The molecule has 1 aliphatic rings. The third-order valence-corrected chi connectivity index (χ3v) is 4.96. The second-order valence-electron chi connectivity index (χ2n) is 7.06. The van der Waals surface area contributed by atoms with Crippen LogP contribution in [-0.4, -0.2) is 38.1 Å². The van der Waals surface area contributed by atoms with E-state index in [9.17, 15) is 4.79 Å². The van der Waals surface area contributed by atoms with E-state index in [1.807, 2.05) is 37.2 Å². The fourth-order valence-corrected chi connectivity index (χ4v) is 3.40. The summed E-state index contributed by atoms with van der Waals surface area (Å²) in [6, 6.07) is 10.2. The van der Waals surface area contributed by atoms with Gasteiger partial charge in [0.15, 0.2) is 0 Å². The van der Waals surface area contributed by atoms with Crippen LogP contribution in [0.15, 0.2) is 30.3 Å². The predicted octanol–water partition coefficient (Wildman–Crippen LogP) is 2.70. The molecular formula is C20H28N4O.